The zero-order valence-corrected chi connectivity index (χ0v) is 6.15. The summed E-state index contributed by atoms with van der Waals surface area (Å²) in [5, 5.41) is 0. The Kier molecular flexibility index (Phi) is 1.77. The molecule has 0 aromatic heterocycles. The molecule has 0 saturated carbocycles. The van der Waals surface area contributed by atoms with E-state index in [1.165, 1.54) is 0 Å². The standard InChI is InChI=1S/C5H10O3S/c1-8-5-2-3-9(6,7)4-5/h5H,2-4H2,1H3. The van der Waals surface area contributed by atoms with Crippen LogP contribution in [0.3, 0.4) is 0 Å². The van der Waals surface area contributed by atoms with Gasteiger partial charge in [-0.25, -0.2) is 8.42 Å². The smallest absolute Gasteiger partial charge is 0.152 e. The maximum atomic E-state index is 10.7. The average molecular weight is 150 g/mol. The number of sulfone groups is 1. The molecule has 1 fully saturated rings. The van der Waals surface area contributed by atoms with Crippen LogP contribution in [-0.2, 0) is 14.6 Å². The first-order valence-corrected chi connectivity index (χ1v) is 4.69. The first-order chi connectivity index (χ1) is 4.14. The summed E-state index contributed by atoms with van der Waals surface area (Å²) in [4.78, 5) is 0. The van der Waals surface area contributed by atoms with Gasteiger partial charge < -0.3 is 4.74 Å². The van der Waals surface area contributed by atoms with Crippen LogP contribution in [0.5, 0.6) is 0 Å². The van der Waals surface area contributed by atoms with Crippen LogP contribution >= 0.6 is 0 Å². The monoisotopic (exact) mass is 150 g/mol. The van der Waals surface area contributed by atoms with Crippen LogP contribution in [-0.4, -0.2) is 33.1 Å². The number of methoxy groups -OCH3 is 1. The number of ether oxygens (including phenoxy) is 1. The maximum Gasteiger partial charge on any atom is 0.152 e. The molecule has 1 saturated heterocycles. The molecule has 1 aliphatic rings. The Labute approximate surface area is 54.9 Å². The van der Waals surface area contributed by atoms with Gasteiger partial charge in [-0.2, -0.15) is 0 Å². The molecule has 0 aliphatic carbocycles. The van der Waals surface area contributed by atoms with Gasteiger partial charge in [-0.15, -0.1) is 0 Å². The van der Waals surface area contributed by atoms with Gasteiger partial charge in [0.05, 0.1) is 17.6 Å². The highest BCUT2D eigenvalue weighted by Crippen LogP contribution is 2.13. The van der Waals surface area contributed by atoms with Gasteiger partial charge in [0, 0.05) is 7.11 Å². The second-order valence-electron chi connectivity index (χ2n) is 2.26. The lowest BCUT2D eigenvalue weighted by Crippen LogP contribution is -2.11. The van der Waals surface area contributed by atoms with E-state index in [1.54, 1.807) is 7.11 Å². The minimum Gasteiger partial charge on any atom is -0.380 e. The maximum absolute atomic E-state index is 10.7. The Morgan fingerprint density at radius 2 is 2.22 bits per heavy atom. The number of rotatable bonds is 1. The highest BCUT2D eigenvalue weighted by Gasteiger charge is 2.27. The molecule has 0 bridgehead atoms. The van der Waals surface area contributed by atoms with Crippen LogP contribution in [0, 0.1) is 0 Å². The number of hydrogen-bond donors (Lipinski definition) is 0. The molecule has 1 unspecified atom stereocenters. The lowest BCUT2D eigenvalue weighted by Gasteiger charge is -2.00. The van der Waals surface area contributed by atoms with E-state index in [0.717, 1.165) is 0 Å². The molecule has 4 heteroatoms. The summed E-state index contributed by atoms with van der Waals surface area (Å²) in [6.45, 7) is 0. The fourth-order valence-electron chi connectivity index (χ4n) is 0.947. The molecule has 1 rings (SSSR count). The molecular formula is C5H10O3S. The fraction of sp³-hybridized carbons (Fsp3) is 1.00. The SMILES string of the molecule is COC1CCS(=O)(=O)C1. The fourth-order valence-corrected chi connectivity index (χ4v) is 2.60. The normalized spacial score (nSPS) is 32.8. The second kappa shape index (κ2) is 2.27. The van der Waals surface area contributed by atoms with Crippen molar-refractivity contribution < 1.29 is 13.2 Å². The Morgan fingerprint density at radius 1 is 1.56 bits per heavy atom. The Morgan fingerprint density at radius 3 is 2.44 bits per heavy atom. The van der Waals surface area contributed by atoms with Crippen molar-refractivity contribution in [3.05, 3.63) is 0 Å². The summed E-state index contributed by atoms with van der Waals surface area (Å²) in [6, 6.07) is 0. The van der Waals surface area contributed by atoms with E-state index in [9.17, 15) is 8.42 Å². The van der Waals surface area contributed by atoms with E-state index >= 15 is 0 Å². The van der Waals surface area contributed by atoms with Gasteiger partial charge in [0.2, 0.25) is 0 Å². The molecule has 3 nitrogen and oxygen atoms in total. The summed E-state index contributed by atoms with van der Waals surface area (Å²) in [6.07, 6.45) is 0.619. The van der Waals surface area contributed by atoms with E-state index < -0.39 is 9.84 Å². The van der Waals surface area contributed by atoms with Crippen molar-refractivity contribution in [2.24, 2.45) is 0 Å². The molecule has 0 radical (unpaired) electrons. The lowest BCUT2D eigenvalue weighted by atomic mass is 10.3. The third kappa shape index (κ3) is 1.66. The van der Waals surface area contributed by atoms with Gasteiger partial charge in [0.25, 0.3) is 0 Å². The van der Waals surface area contributed by atoms with Crippen LogP contribution in [0.15, 0.2) is 0 Å². The van der Waals surface area contributed by atoms with Crippen LogP contribution in [0.25, 0.3) is 0 Å². The molecule has 0 spiro atoms. The van der Waals surface area contributed by atoms with Gasteiger partial charge in [-0.05, 0) is 6.42 Å². The Bertz CT molecular complexity index is 182. The zero-order valence-electron chi connectivity index (χ0n) is 5.33. The predicted molar refractivity (Wildman–Crippen MR) is 34.1 cm³/mol. The molecule has 0 aromatic carbocycles. The van der Waals surface area contributed by atoms with Gasteiger partial charge in [0.1, 0.15) is 0 Å². The van der Waals surface area contributed by atoms with Gasteiger partial charge in [0.15, 0.2) is 9.84 Å². The van der Waals surface area contributed by atoms with Crippen LogP contribution in [0.1, 0.15) is 6.42 Å². The van der Waals surface area contributed by atoms with Crippen molar-refractivity contribution in [3.63, 3.8) is 0 Å². The molecule has 1 heterocycles. The molecule has 1 aliphatic heterocycles. The van der Waals surface area contributed by atoms with E-state index in [1.807, 2.05) is 0 Å². The second-order valence-corrected chi connectivity index (χ2v) is 4.49. The first kappa shape index (κ1) is 7.02. The summed E-state index contributed by atoms with van der Waals surface area (Å²) in [5.74, 6) is 0.509. The van der Waals surface area contributed by atoms with Crippen LogP contribution < -0.4 is 0 Å². The van der Waals surface area contributed by atoms with Crippen molar-refractivity contribution >= 4 is 9.84 Å². The van der Waals surface area contributed by atoms with E-state index in [0.29, 0.717) is 12.2 Å². The van der Waals surface area contributed by atoms with E-state index in [-0.39, 0.29) is 11.9 Å². The predicted octanol–water partition coefficient (Wildman–Crippen LogP) is -0.180. The molecule has 0 aromatic rings. The van der Waals surface area contributed by atoms with Gasteiger partial charge in [-0.1, -0.05) is 0 Å². The quantitative estimate of drug-likeness (QED) is 0.521. The van der Waals surface area contributed by atoms with Crippen molar-refractivity contribution in [1.82, 2.24) is 0 Å². The lowest BCUT2D eigenvalue weighted by molar-refractivity contribution is 0.124. The zero-order chi connectivity index (χ0) is 6.91. The number of hydrogen-bond acceptors (Lipinski definition) is 3. The van der Waals surface area contributed by atoms with Crippen molar-refractivity contribution in [2.45, 2.75) is 12.5 Å². The Hall–Kier alpha value is -0.0900. The highest BCUT2D eigenvalue weighted by molar-refractivity contribution is 7.91. The van der Waals surface area contributed by atoms with Gasteiger partial charge >= 0.3 is 0 Å². The topological polar surface area (TPSA) is 43.4 Å². The van der Waals surface area contributed by atoms with E-state index in [4.69, 9.17) is 4.74 Å². The highest BCUT2D eigenvalue weighted by atomic mass is 32.2. The molecular weight excluding hydrogens is 140 g/mol. The summed E-state index contributed by atoms with van der Waals surface area (Å²) in [7, 11) is -1.19. The molecule has 0 amide bonds. The summed E-state index contributed by atoms with van der Waals surface area (Å²) >= 11 is 0. The third-order valence-electron chi connectivity index (χ3n) is 1.52. The first-order valence-electron chi connectivity index (χ1n) is 2.87. The summed E-state index contributed by atoms with van der Waals surface area (Å²) < 4.78 is 26.3. The molecule has 54 valence electrons. The van der Waals surface area contributed by atoms with Crippen LogP contribution in [0.2, 0.25) is 0 Å². The summed E-state index contributed by atoms with van der Waals surface area (Å²) in [5.41, 5.74) is 0. The van der Waals surface area contributed by atoms with Crippen molar-refractivity contribution in [2.75, 3.05) is 18.6 Å². The average Bonchev–Trinajstić information content (AvgIpc) is 2.10. The van der Waals surface area contributed by atoms with Gasteiger partial charge in [-0.3, -0.25) is 0 Å². The van der Waals surface area contributed by atoms with Crippen LogP contribution in [0.4, 0.5) is 0 Å². The molecule has 1 atom stereocenters. The minimum absolute atomic E-state index is 0.0463. The van der Waals surface area contributed by atoms with E-state index in [2.05, 4.69) is 0 Å². The van der Waals surface area contributed by atoms with Crippen molar-refractivity contribution in [1.29, 1.82) is 0 Å². The van der Waals surface area contributed by atoms with Crippen molar-refractivity contribution in [3.8, 4) is 0 Å². The Balaban J connectivity index is 2.58. The molecule has 9 heavy (non-hydrogen) atoms. The molecule has 0 N–H and O–H groups in total. The largest absolute Gasteiger partial charge is 0.380 e. The minimum atomic E-state index is -2.73. The third-order valence-corrected chi connectivity index (χ3v) is 3.26.